The van der Waals surface area contributed by atoms with Crippen molar-refractivity contribution >= 4 is 32.6 Å². The molecule has 12 heteroatoms. The van der Waals surface area contributed by atoms with Crippen LogP contribution in [0.3, 0.4) is 0 Å². The van der Waals surface area contributed by atoms with E-state index in [9.17, 15) is 40.4 Å². The molecule has 2 rings (SSSR count). The number of carbonyl (C=O) groups excluding carboxylic acids is 1. The molecule has 2 unspecified atom stereocenters. The maximum absolute atomic E-state index is 14.3. The van der Waals surface area contributed by atoms with Crippen LogP contribution in [0.25, 0.3) is 0 Å². The molecule has 2 aromatic carbocycles. The van der Waals surface area contributed by atoms with Crippen molar-refractivity contribution < 1.29 is 40.4 Å². The molecule has 0 aromatic heterocycles. The molecule has 0 aliphatic carbocycles. The van der Waals surface area contributed by atoms with Crippen LogP contribution in [-0.2, 0) is 25.8 Å². The zero-order valence-electron chi connectivity index (χ0n) is 15.7. The van der Waals surface area contributed by atoms with Crippen molar-refractivity contribution in [3.05, 3.63) is 48.3 Å². The van der Waals surface area contributed by atoms with E-state index in [1.54, 1.807) is 12.2 Å². The highest BCUT2D eigenvalue weighted by Crippen LogP contribution is 2.32. The van der Waals surface area contributed by atoms with E-state index in [1.165, 1.54) is 24.3 Å². The molecule has 0 heterocycles. The first-order chi connectivity index (χ1) is 13.7. The van der Waals surface area contributed by atoms with Crippen molar-refractivity contribution in [3.63, 3.8) is 0 Å². The number of benzene rings is 2. The van der Waals surface area contributed by atoms with Crippen molar-refractivity contribution in [3.8, 4) is 0 Å². The van der Waals surface area contributed by atoms with E-state index >= 15 is 0 Å². The molecule has 2 aromatic rings. The summed E-state index contributed by atoms with van der Waals surface area (Å²) in [5.74, 6) is -2.90. The molecule has 0 saturated carbocycles. The summed E-state index contributed by atoms with van der Waals surface area (Å²) in [6.07, 6.45) is -5.30. The molecule has 0 saturated heterocycles. The van der Waals surface area contributed by atoms with Crippen LogP contribution >= 0.6 is 0 Å². The third kappa shape index (κ3) is 4.77. The fourth-order valence-corrected chi connectivity index (χ4v) is 4.26. The van der Waals surface area contributed by atoms with Crippen molar-refractivity contribution in [1.82, 2.24) is 0 Å². The summed E-state index contributed by atoms with van der Waals surface area (Å²) in [5, 5.41) is 10.9. The third-order valence-corrected chi connectivity index (χ3v) is 7.24. The standard InChI is InChI=1S/C18H17F4NO5S2/c1-3-29(26)11-4-6-12(7-5-11)30(27,28)13-8-9-15(14(19)10-13)23-16(24)17(2,25)18(20,21)22/h4-10,25H,3H2,1-2H3,(H,23,24). The largest absolute Gasteiger partial charge is 0.611 e. The SMILES string of the molecule is CC[S+]([O-])c1ccc(S(=O)(=O)c2ccc(NC(=O)C(C)(O)C(F)(F)F)c(F)c2)cc1. The number of carbonyl (C=O) groups is 1. The molecule has 2 N–H and O–H groups in total. The average Bonchev–Trinajstić information content (AvgIpc) is 2.67. The number of alkyl halides is 3. The Morgan fingerprint density at radius 2 is 1.67 bits per heavy atom. The van der Waals surface area contributed by atoms with Gasteiger partial charge in [0, 0.05) is 0 Å². The van der Waals surface area contributed by atoms with E-state index in [-0.39, 0.29) is 11.8 Å². The molecule has 164 valence electrons. The number of sulfone groups is 1. The van der Waals surface area contributed by atoms with Crippen molar-refractivity contribution in [2.75, 3.05) is 11.1 Å². The van der Waals surface area contributed by atoms with Crippen LogP contribution in [0.5, 0.6) is 0 Å². The quantitative estimate of drug-likeness (QED) is 0.502. The number of hydrogen-bond acceptors (Lipinski definition) is 5. The molecule has 0 radical (unpaired) electrons. The van der Waals surface area contributed by atoms with Gasteiger partial charge in [0.1, 0.15) is 11.6 Å². The first-order valence-corrected chi connectivity index (χ1v) is 11.2. The fourth-order valence-electron chi connectivity index (χ4n) is 2.21. The van der Waals surface area contributed by atoms with Gasteiger partial charge in [0.05, 0.1) is 15.5 Å². The zero-order chi connectivity index (χ0) is 22.9. The summed E-state index contributed by atoms with van der Waals surface area (Å²) < 4.78 is 89.4. The van der Waals surface area contributed by atoms with E-state index in [0.717, 1.165) is 12.1 Å². The minimum Gasteiger partial charge on any atom is -0.611 e. The number of hydrogen-bond donors (Lipinski definition) is 2. The van der Waals surface area contributed by atoms with E-state index in [1.807, 2.05) is 0 Å². The maximum atomic E-state index is 14.3. The smallest absolute Gasteiger partial charge is 0.426 e. The van der Waals surface area contributed by atoms with E-state index in [4.69, 9.17) is 0 Å². The van der Waals surface area contributed by atoms with Crippen LogP contribution in [0, 0.1) is 5.82 Å². The van der Waals surface area contributed by atoms with Crippen LogP contribution in [0.2, 0.25) is 0 Å². The van der Waals surface area contributed by atoms with Gasteiger partial charge >= 0.3 is 6.18 Å². The Morgan fingerprint density at radius 3 is 2.13 bits per heavy atom. The minimum absolute atomic E-state index is 0.203. The van der Waals surface area contributed by atoms with Gasteiger partial charge < -0.3 is 15.0 Å². The summed E-state index contributed by atoms with van der Waals surface area (Å²) >= 11 is -1.29. The summed E-state index contributed by atoms with van der Waals surface area (Å²) in [6, 6.07) is 7.32. The Hall–Kier alpha value is -2.15. The Kier molecular flexibility index (Phi) is 6.86. The molecule has 6 nitrogen and oxygen atoms in total. The van der Waals surface area contributed by atoms with E-state index < -0.39 is 55.1 Å². The highest BCUT2D eigenvalue weighted by molar-refractivity contribution is 7.92. The average molecular weight is 467 g/mol. The Morgan fingerprint density at radius 1 is 1.13 bits per heavy atom. The molecule has 0 spiro atoms. The van der Waals surface area contributed by atoms with E-state index in [2.05, 4.69) is 0 Å². The molecule has 0 bridgehead atoms. The van der Waals surface area contributed by atoms with Gasteiger partial charge in [-0.25, -0.2) is 12.8 Å². The Bertz CT molecular complexity index is 1040. The van der Waals surface area contributed by atoms with Gasteiger partial charge in [-0.1, -0.05) is 0 Å². The fraction of sp³-hybridized carbons (Fsp3) is 0.278. The summed E-state index contributed by atoms with van der Waals surface area (Å²) in [7, 11) is -4.19. The zero-order valence-corrected chi connectivity index (χ0v) is 17.3. The Balaban J connectivity index is 2.31. The predicted molar refractivity (Wildman–Crippen MR) is 101 cm³/mol. The maximum Gasteiger partial charge on any atom is 0.426 e. The molecule has 30 heavy (non-hydrogen) atoms. The number of nitrogens with one attached hydrogen (secondary N) is 1. The van der Waals surface area contributed by atoms with Gasteiger partial charge in [-0.3, -0.25) is 4.79 Å². The van der Waals surface area contributed by atoms with Gasteiger partial charge in [0.2, 0.25) is 15.4 Å². The molecule has 0 aliphatic rings. The molecule has 2 atom stereocenters. The first kappa shape index (κ1) is 24.1. The minimum atomic E-state index is -5.30. The lowest BCUT2D eigenvalue weighted by Crippen LogP contribution is -2.52. The second-order valence-corrected chi connectivity index (χ2v) is 9.96. The molecule has 1 amide bonds. The highest BCUT2D eigenvalue weighted by Gasteiger charge is 2.55. The lowest BCUT2D eigenvalue weighted by Gasteiger charge is -2.25. The summed E-state index contributed by atoms with van der Waals surface area (Å²) in [5.41, 5.74) is -4.51. The second kappa shape index (κ2) is 8.53. The molecule has 0 fully saturated rings. The van der Waals surface area contributed by atoms with Crippen LogP contribution in [0.1, 0.15) is 13.8 Å². The monoisotopic (exact) mass is 467 g/mol. The number of amides is 1. The van der Waals surface area contributed by atoms with Gasteiger partial charge in [0.25, 0.3) is 5.91 Å². The lowest BCUT2D eigenvalue weighted by atomic mass is 10.1. The van der Waals surface area contributed by atoms with Crippen LogP contribution in [0.4, 0.5) is 23.2 Å². The second-order valence-electron chi connectivity index (χ2n) is 6.27. The van der Waals surface area contributed by atoms with Crippen molar-refractivity contribution in [2.24, 2.45) is 0 Å². The highest BCUT2D eigenvalue weighted by atomic mass is 32.2. The molecular formula is C18H17F4NO5S2. The predicted octanol–water partition coefficient (Wildman–Crippen LogP) is 3.04. The summed E-state index contributed by atoms with van der Waals surface area (Å²) in [6.45, 7) is 1.90. The topological polar surface area (TPSA) is 107 Å². The number of anilines is 1. The van der Waals surface area contributed by atoms with Crippen LogP contribution < -0.4 is 5.32 Å². The number of rotatable bonds is 6. The summed E-state index contributed by atoms with van der Waals surface area (Å²) in [4.78, 5) is 11.3. The van der Waals surface area contributed by atoms with Crippen molar-refractivity contribution in [2.45, 2.75) is 40.3 Å². The number of aliphatic hydroxyl groups is 1. The normalized spacial score (nSPS) is 15.3. The van der Waals surface area contributed by atoms with Gasteiger partial charge in [-0.2, -0.15) is 13.2 Å². The van der Waals surface area contributed by atoms with Crippen LogP contribution in [0.15, 0.2) is 57.2 Å². The molecular weight excluding hydrogens is 450 g/mol. The van der Waals surface area contributed by atoms with E-state index in [0.29, 0.717) is 16.7 Å². The third-order valence-electron chi connectivity index (χ3n) is 4.15. The van der Waals surface area contributed by atoms with Gasteiger partial charge in [-0.15, -0.1) is 0 Å². The van der Waals surface area contributed by atoms with Crippen LogP contribution in [-0.4, -0.2) is 41.5 Å². The molecule has 0 aliphatic heterocycles. The first-order valence-electron chi connectivity index (χ1n) is 8.35. The Labute approximate surface area is 173 Å². The lowest BCUT2D eigenvalue weighted by molar-refractivity contribution is -0.242. The van der Waals surface area contributed by atoms with Gasteiger partial charge in [0.15, 0.2) is 4.90 Å². The van der Waals surface area contributed by atoms with Crippen molar-refractivity contribution in [1.29, 1.82) is 0 Å². The van der Waals surface area contributed by atoms with Gasteiger partial charge in [-0.05, 0) is 67.5 Å². The number of halogens is 4.